The van der Waals surface area contributed by atoms with Gasteiger partial charge in [-0.15, -0.1) is 0 Å². The molecule has 15 heteroatoms. The molecule has 0 saturated carbocycles. The highest BCUT2D eigenvalue weighted by Gasteiger charge is 2.46. The van der Waals surface area contributed by atoms with Gasteiger partial charge in [0.15, 0.2) is 5.75 Å². The Balaban J connectivity index is 1.90. The molecule has 0 unspecified atom stereocenters. The number of sulfone groups is 1. The number of anilines is 2. The lowest BCUT2D eigenvalue weighted by molar-refractivity contribution is -0.137. The minimum absolute atomic E-state index is 0.00524. The Morgan fingerprint density at radius 1 is 0.833 bits per heavy atom. The van der Waals surface area contributed by atoms with E-state index in [4.69, 9.17) is 27.9 Å². The van der Waals surface area contributed by atoms with Gasteiger partial charge in [-0.2, -0.15) is 26.3 Å². The zero-order chi connectivity index (χ0) is 26.9. The van der Waals surface area contributed by atoms with Crippen LogP contribution in [0.4, 0.5) is 42.5 Å². The lowest BCUT2D eigenvalue weighted by Crippen LogP contribution is -2.24. The monoisotopic (exact) mass is 572 g/mol. The van der Waals surface area contributed by atoms with Gasteiger partial charge in [0.2, 0.25) is 0 Å². The number of carbonyl (C=O) groups excluding carboxylic acids is 1. The summed E-state index contributed by atoms with van der Waals surface area (Å²) in [5.74, 6) is -0.273. The second-order valence-electron chi connectivity index (χ2n) is 6.94. The summed E-state index contributed by atoms with van der Waals surface area (Å²) in [5, 5.41) is 4.43. The number of ether oxygens (including phenoxy) is 1. The molecule has 2 N–H and O–H groups in total. The Hall–Kier alpha value is -3.16. The number of carbonyl (C=O) groups is 1. The summed E-state index contributed by atoms with van der Waals surface area (Å²) in [6, 6.07) is 8.22. The second-order valence-corrected chi connectivity index (χ2v) is 9.73. The van der Waals surface area contributed by atoms with E-state index in [1.807, 2.05) is 0 Å². The average molecular weight is 573 g/mol. The van der Waals surface area contributed by atoms with E-state index in [9.17, 15) is 39.6 Å². The van der Waals surface area contributed by atoms with E-state index in [2.05, 4.69) is 10.6 Å². The van der Waals surface area contributed by atoms with Gasteiger partial charge in [0, 0.05) is 10.7 Å². The molecule has 192 valence electrons. The molecule has 3 aromatic rings. The average Bonchev–Trinajstić information content (AvgIpc) is 2.75. The molecule has 36 heavy (non-hydrogen) atoms. The predicted molar refractivity (Wildman–Crippen MR) is 120 cm³/mol. The van der Waals surface area contributed by atoms with Gasteiger partial charge in [0.1, 0.15) is 5.75 Å². The molecule has 0 aliphatic carbocycles. The molecule has 0 spiro atoms. The number of halogens is 8. The van der Waals surface area contributed by atoms with Crippen molar-refractivity contribution in [2.45, 2.75) is 16.6 Å². The van der Waals surface area contributed by atoms with E-state index in [-0.39, 0.29) is 27.2 Å². The van der Waals surface area contributed by atoms with E-state index < -0.39 is 43.7 Å². The Labute approximate surface area is 209 Å². The van der Waals surface area contributed by atoms with Gasteiger partial charge in [0.25, 0.3) is 9.84 Å². The van der Waals surface area contributed by atoms with E-state index in [1.165, 1.54) is 18.2 Å². The topological polar surface area (TPSA) is 84.5 Å². The van der Waals surface area contributed by atoms with Gasteiger partial charge < -0.3 is 15.4 Å². The van der Waals surface area contributed by atoms with Gasteiger partial charge in [0.05, 0.1) is 21.2 Å². The van der Waals surface area contributed by atoms with Gasteiger partial charge in [-0.25, -0.2) is 13.2 Å². The van der Waals surface area contributed by atoms with Crippen molar-refractivity contribution in [1.82, 2.24) is 0 Å². The molecule has 6 nitrogen and oxygen atoms in total. The molecule has 0 bridgehead atoms. The van der Waals surface area contributed by atoms with Crippen molar-refractivity contribution in [3.63, 3.8) is 0 Å². The Morgan fingerprint density at radius 2 is 1.50 bits per heavy atom. The summed E-state index contributed by atoms with van der Waals surface area (Å²) in [6.45, 7) is 0. The van der Waals surface area contributed by atoms with Crippen LogP contribution in [-0.2, 0) is 16.0 Å². The van der Waals surface area contributed by atoms with E-state index in [0.29, 0.717) is 24.3 Å². The summed E-state index contributed by atoms with van der Waals surface area (Å²) >= 11 is 11.8. The molecular formula is C21H12Cl2F6N2O4S. The van der Waals surface area contributed by atoms with Crippen molar-refractivity contribution < 1.29 is 44.3 Å². The fraction of sp³-hybridized carbons (Fsp3) is 0.0952. The third-order valence-corrected chi connectivity index (χ3v) is 6.39. The molecule has 0 aromatic heterocycles. The Morgan fingerprint density at radius 3 is 2.11 bits per heavy atom. The smallest absolute Gasteiger partial charge is 0.454 e. The van der Waals surface area contributed by atoms with Crippen LogP contribution < -0.4 is 15.4 Å². The van der Waals surface area contributed by atoms with Crippen LogP contribution in [0, 0.1) is 0 Å². The molecule has 2 amide bonds. The number of alkyl halides is 6. The molecular weight excluding hydrogens is 561 g/mol. The summed E-state index contributed by atoms with van der Waals surface area (Å²) in [7, 11) is -5.70. The maximum Gasteiger partial charge on any atom is 0.501 e. The molecule has 0 radical (unpaired) electrons. The zero-order valence-electron chi connectivity index (χ0n) is 17.3. The van der Waals surface area contributed by atoms with Gasteiger partial charge in [-0.05, 0) is 54.6 Å². The highest BCUT2D eigenvalue weighted by Crippen LogP contribution is 2.39. The Kier molecular flexibility index (Phi) is 7.67. The first-order valence-corrected chi connectivity index (χ1v) is 11.7. The molecule has 3 aromatic carbocycles. The summed E-state index contributed by atoms with van der Waals surface area (Å²) in [6.07, 6.45) is -4.79. The SMILES string of the molecule is O=C(Nc1cccc(S(=O)(=O)C(F)(F)F)c1)Nc1cc(C(F)(F)F)ccc1Oc1ccc(Cl)cc1Cl. The van der Waals surface area contributed by atoms with Crippen LogP contribution in [0.3, 0.4) is 0 Å². The number of urea groups is 1. The van der Waals surface area contributed by atoms with E-state index >= 15 is 0 Å². The predicted octanol–water partition coefficient (Wildman–Crippen LogP) is 7.74. The lowest BCUT2D eigenvalue weighted by atomic mass is 10.1. The molecule has 0 aliphatic heterocycles. The number of rotatable bonds is 5. The highest BCUT2D eigenvalue weighted by atomic mass is 35.5. The normalized spacial score (nSPS) is 12.2. The third-order valence-electron chi connectivity index (χ3n) is 4.38. The molecule has 0 atom stereocenters. The summed E-state index contributed by atoms with van der Waals surface area (Å²) in [5.41, 5.74) is -7.59. The van der Waals surface area contributed by atoms with Gasteiger partial charge in [-0.3, -0.25) is 0 Å². The van der Waals surface area contributed by atoms with Crippen LogP contribution in [0.1, 0.15) is 5.56 Å². The second kappa shape index (κ2) is 10.1. The maximum atomic E-state index is 13.2. The first-order valence-electron chi connectivity index (χ1n) is 9.41. The van der Waals surface area contributed by atoms with Crippen LogP contribution >= 0.6 is 23.2 Å². The molecule has 3 rings (SSSR count). The van der Waals surface area contributed by atoms with Gasteiger partial charge >= 0.3 is 17.7 Å². The molecule has 0 aliphatic rings. The van der Waals surface area contributed by atoms with Crippen molar-refractivity contribution in [3.05, 3.63) is 76.3 Å². The van der Waals surface area contributed by atoms with Crippen molar-refractivity contribution in [2.24, 2.45) is 0 Å². The number of benzene rings is 3. The van der Waals surface area contributed by atoms with E-state index in [1.54, 1.807) is 0 Å². The lowest BCUT2D eigenvalue weighted by Gasteiger charge is -2.16. The molecule has 0 fully saturated rings. The molecule has 0 saturated heterocycles. The first-order chi connectivity index (χ1) is 16.6. The summed E-state index contributed by atoms with van der Waals surface area (Å²) in [4.78, 5) is 11.3. The van der Waals surface area contributed by atoms with Crippen molar-refractivity contribution in [1.29, 1.82) is 0 Å². The van der Waals surface area contributed by atoms with Crippen LogP contribution in [0.5, 0.6) is 11.5 Å². The van der Waals surface area contributed by atoms with Crippen LogP contribution in [0.15, 0.2) is 65.6 Å². The zero-order valence-corrected chi connectivity index (χ0v) is 19.7. The largest absolute Gasteiger partial charge is 0.501 e. The number of nitrogens with one attached hydrogen (secondary N) is 2. The van der Waals surface area contributed by atoms with E-state index in [0.717, 1.165) is 18.2 Å². The number of hydrogen-bond acceptors (Lipinski definition) is 4. The Bertz CT molecular complexity index is 1410. The van der Waals surface area contributed by atoms with Gasteiger partial charge in [-0.1, -0.05) is 29.3 Å². The van der Waals surface area contributed by atoms with Crippen LogP contribution in [0.25, 0.3) is 0 Å². The fourth-order valence-electron chi connectivity index (χ4n) is 2.73. The number of hydrogen-bond donors (Lipinski definition) is 2. The first kappa shape index (κ1) is 27.4. The fourth-order valence-corrected chi connectivity index (χ4v) is 3.98. The van der Waals surface area contributed by atoms with Crippen LogP contribution in [0.2, 0.25) is 10.0 Å². The highest BCUT2D eigenvalue weighted by molar-refractivity contribution is 7.92. The number of amides is 2. The quantitative estimate of drug-likeness (QED) is 0.306. The standard InChI is InChI=1S/C21H12Cl2F6N2O4S/c22-12-5-7-17(15(23)9-12)35-18-6-4-11(20(24,25)26)8-16(18)31-19(32)30-13-2-1-3-14(10-13)36(33,34)21(27,28)29/h1-10H,(H2,30,31,32). The minimum Gasteiger partial charge on any atom is -0.454 e. The maximum absolute atomic E-state index is 13.2. The van der Waals surface area contributed by atoms with Crippen molar-refractivity contribution in [3.8, 4) is 11.5 Å². The third kappa shape index (κ3) is 6.33. The molecule has 0 heterocycles. The summed E-state index contributed by atoms with van der Waals surface area (Å²) < 4.78 is 107. The minimum atomic E-state index is -5.70. The van der Waals surface area contributed by atoms with Crippen LogP contribution in [-0.4, -0.2) is 20.0 Å². The van der Waals surface area contributed by atoms with Crippen molar-refractivity contribution in [2.75, 3.05) is 10.6 Å². The van der Waals surface area contributed by atoms with Crippen molar-refractivity contribution >= 4 is 50.4 Å².